The van der Waals surface area contributed by atoms with Gasteiger partial charge in [-0.1, -0.05) is 18.2 Å². The predicted molar refractivity (Wildman–Crippen MR) is 92.0 cm³/mol. The molecular formula is C18H22N2O2S. The Morgan fingerprint density at radius 1 is 1.39 bits per heavy atom. The Balaban J connectivity index is 1.49. The molecule has 3 rings (SSSR count). The molecule has 1 aromatic carbocycles. The SMILES string of the molecule is Cc1csc([C@@H]2CCCN(C(=O)CCOc3ccccc3)C2)n1. The minimum atomic E-state index is 0.180. The third kappa shape index (κ3) is 4.32. The van der Waals surface area contributed by atoms with Gasteiger partial charge < -0.3 is 9.64 Å². The van der Waals surface area contributed by atoms with Crippen molar-refractivity contribution in [2.75, 3.05) is 19.7 Å². The molecule has 122 valence electrons. The summed E-state index contributed by atoms with van der Waals surface area (Å²) in [4.78, 5) is 19.0. The number of aromatic nitrogens is 1. The Morgan fingerprint density at radius 3 is 2.96 bits per heavy atom. The van der Waals surface area contributed by atoms with Crippen LogP contribution < -0.4 is 4.74 Å². The fourth-order valence-electron chi connectivity index (χ4n) is 2.90. The summed E-state index contributed by atoms with van der Waals surface area (Å²) in [7, 11) is 0. The van der Waals surface area contributed by atoms with Crippen molar-refractivity contribution >= 4 is 17.2 Å². The summed E-state index contributed by atoms with van der Waals surface area (Å²) >= 11 is 1.71. The third-order valence-corrected chi connectivity index (χ3v) is 5.21. The van der Waals surface area contributed by atoms with Crippen LogP contribution in [-0.2, 0) is 4.79 Å². The fraction of sp³-hybridized carbons (Fsp3) is 0.444. The number of hydrogen-bond acceptors (Lipinski definition) is 4. The predicted octanol–water partition coefficient (Wildman–Crippen LogP) is 3.63. The van der Waals surface area contributed by atoms with Gasteiger partial charge in [0.15, 0.2) is 0 Å². The van der Waals surface area contributed by atoms with Crippen LogP contribution in [-0.4, -0.2) is 35.5 Å². The molecule has 5 heteroatoms. The van der Waals surface area contributed by atoms with E-state index in [1.54, 1.807) is 11.3 Å². The lowest BCUT2D eigenvalue weighted by Crippen LogP contribution is -2.39. The van der Waals surface area contributed by atoms with E-state index in [9.17, 15) is 4.79 Å². The lowest BCUT2D eigenvalue weighted by atomic mass is 9.98. The zero-order valence-electron chi connectivity index (χ0n) is 13.4. The van der Waals surface area contributed by atoms with E-state index in [2.05, 4.69) is 10.4 Å². The molecule has 1 aliphatic heterocycles. The molecule has 1 fully saturated rings. The van der Waals surface area contributed by atoms with Crippen LogP contribution >= 0.6 is 11.3 Å². The van der Waals surface area contributed by atoms with Gasteiger partial charge in [0, 0.05) is 30.1 Å². The average Bonchev–Trinajstić information content (AvgIpc) is 3.02. The van der Waals surface area contributed by atoms with Gasteiger partial charge in [0.2, 0.25) is 5.91 Å². The number of likely N-dealkylation sites (tertiary alicyclic amines) is 1. The van der Waals surface area contributed by atoms with E-state index in [1.165, 1.54) is 5.01 Å². The van der Waals surface area contributed by atoms with Gasteiger partial charge in [-0.15, -0.1) is 11.3 Å². The summed E-state index contributed by atoms with van der Waals surface area (Å²) in [6.45, 7) is 4.09. The van der Waals surface area contributed by atoms with E-state index >= 15 is 0 Å². The van der Waals surface area contributed by atoms with E-state index in [1.807, 2.05) is 42.2 Å². The Kier molecular flexibility index (Phi) is 5.28. The van der Waals surface area contributed by atoms with Gasteiger partial charge in [0.25, 0.3) is 0 Å². The van der Waals surface area contributed by atoms with E-state index in [-0.39, 0.29) is 5.91 Å². The zero-order valence-corrected chi connectivity index (χ0v) is 14.2. The van der Waals surface area contributed by atoms with Crippen molar-refractivity contribution < 1.29 is 9.53 Å². The van der Waals surface area contributed by atoms with E-state index in [4.69, 9.17) is 4.74 Å². The average molecular weight is 330 g/mol. The molecule has 0 spiro atoms. The normalized spacial score (nSPS) is 18.0. The molecule has 0 unspecified atom stereocenters. The van der Waals surface area contributed by atoms with Gasteiger partial charge >= 0.3 is 0 Å². The Hall–Kier alpha value is -1.88. The van der Waals surface area contributed by atoms with Crippen molar-refractivity contribution in [1.29, 1.82) is 0 Å². The number of para-hydroxylation sites is 1. The molecule has 23 heavy (non-hydrogen) atoms. The number of amides is 1. The summed E-state index contributed by atoms with van der Waals surface area (Å²) in [5.41, 5.74) is 1.07. The second-order valence-electron chi connectivity index (χ2n) is 5.92. The largest absolute Gasteiger partial charge is 0.493 e. The highest BCUT2D eigenvalue weighted by atomic mass is 32.1. The highest BCUT2D eigenvalue weighted by molar-refractivity contribution is 7.09. The third-order valence-electron chi connectivity index (χ3n) is 4.09. The molecule has 0 N–H and O–H groups in total. The van der Waals surface area contributed by atoms with Crippen LogP contribution in [0.1, 0.15) is 35.9 Å². The van der Waals surface area contributed by atoms with Crippen molar-refractivity contribution in [3.63, 3.8) is 0 Å². The number of ether oxygens (including phenoxy) is 1. The molecule has 1 saturated heterocycles. The first kappa shape index (κ1) is 16.0. The van der Waals surface area contributed by atoms with E-state index in [0.717, 1.165) is 37.4 Å². The Bertz CT molecular complexity index is 641. The first-order valence-corrected chi connectivity index (χ1v) is 8.98. The quantitative estimate of drug-likeness (QED) is 0.841. The van der Waals surface area contributed by atoms with Gasteiger partial charge in [0.1, 0.15) is 5.75 Å². The number of thiazole rings is 1. The molecule has 0 saturated carbocycles. The highest BCUT2D eigenvalue weighted by Crippen LogP contribution is 2.29. The van der Waals surface area contributed by atoms with Crippen molar-refractivity contribution in [3.05, 3.63) is 46.4 Å². The van der Waals surface area contributed by atoms with E-state index < -0.39 is 0 Å². The minimum Gasteiger partial charge on any atom is -0.493 e. The van der Waals surface area contributed by atoms with Crippen molar-refractivity contribution in [2.45, 2.75) is 32.1 Å². The minimum absolute atomic E-state index is 0.180. The first-order valence-electron chi connectivity index (χ1n) is 8.10. The van der Waals surface area contributed by atoms with E-state index in [0.29, 0.717) is 18.9 Å². The number of piperidine rings is 1. The van der Waals surface area contributed by atoms with Crippen molar-refractivity contribution in [2.24, 2.45) is 0 Å². The van der Waals surface area contributed by atoms with Gasteiger partial charge in [0.05, 0.1) is 18.0 Å². The number of nitrogens with zero attached hydrogens (tertiary/aromatic N) is 2. The maximum atomic E-state index is 12.4. The zero-order chi connectivity index (χ0) is 16.1. The molecule has 1 atom stereocenters. The second kappa shape index (κ2) is 7.59. The van der Waals surface area contributed by atoms with Crippen LogP contribution in [0.5, 0.6) is 5.75 Å². The molecular weight excluding hydrogens is 308 g/mol. The van der Waals surface area contributed by atoms with Gasteiger partial charge in [-0.3, -0.25) is 4.79 Å². The number of carbonyl (C=O) groups is 1. The summed E-state index contributed by atoms with van der Waals surface area (Å²) in [5, 5.41) is 3.25. The molecule has 2 heterocycles. The first-order chi connectivity index (χ1) is 11.2. The highest BCUT2D eigenvalue weighted by Gasteiger charge is 2.26. The van der Waals surface area contributed by atoms with Crippen LogP contribution in [0.4, 0.5) is 0 Å². The topological polar surface area (TPSA) is 42.4 Å². The van der Waals surface area contributed by atoms with Gasteiger partial charge in [-0.25, -0.2) is 4.98 Å². The van der Waals surface area contributed by atoms with Crippen LogP contribution in [0, 0.1) is 6.92 Å². The molecule has 1 amide bonds. The second-order valence-corrected chi connectivity index (χ2v) is 6.81. The molecule has 0 aliphatic carbocycles. The summed E-state index contributed by atoms with van der Waals surface area (Å²) in [6.07, 6.45) is 2.60. The lowest BCUT2D eigenvalue weighted by Gasteiger charge is -2.32. The molecule has 0 radical (unpaired) electrons. The van der Waals surface area contributed by atoms with Crippen molar-refractivity contribution in [1.82, 2.24) is 9.88 Å². The van der Waals surface area contributed by atoms with Crippen LogP contribution in [0.25, 0.3) is 0 Å². The smallest absolute Gasteiger partial charge is 0.226 e. The molecule has 4 nitrogen and oxygen atoms in total. The maximum Gasteiger partial charge on any atom is 0.226 e. The molecule has 0 bridgehead atoms. The Morgan fingerprint density at radius 2 is 2.22 bits per heavy atom. The fourth-order valence-corrected chi connectivity index (χ4v) is 3.82. The molecule has 2 aromatic rings. The summed E-state index contributed by atoms with van der Waals surface area (Å²) < 4.78 is 5.62. The van der Waals surface area contributed by atoms with Crippen LogP contribution in [0.15, 0.2) is 35.7 Å². The molecule has 1 aromatic heterocycles. The number of rotatable bonds is 5. The summed E-state index contributed by atoms with van der Waals surface area (Å²) in [5.74, 6) is 1.38. The standard InChI is InChI=1S/C18H22N2O2S/c1-14-13-23-18(19-14)15-6-5-10-20(12-15)17(21)9-11-22-16-7-3-2-4-8-16/h2-4,7-8,13,15H,5-6,9-12H2,1H3/t15-/m1/s1. The number of aryl methyl sites for hydroxylation is 1. The number of hydrogen-bond donors (Lipinski definition) is 0. The maximum absolute atomic E-state index is 12.4. The molecule has 1 aliphatic rings. The number of benzene rings is 1. The Labute approximate surface area is 141 Å². The summed E-state index contributed by atoms with van der Waals surface area (Å²) in [6, 6.07) is 9.63. The monoisotopic (exact) mass is 330 g/mol. The van der Waals surface area contributed by atoms with Crippen LogP contribution in [0.3, 0.4) is 0 Å². The lowest BCUT2D eigenvalue weighted by molar-refractivity contribution is -0.132. The van der Waals surface area contributed by atoms with Crippen molar-refractivity contribution in [3.8, 4) is 5.75 Å². The number of carbonyl (C=O) groups excluding carboxylic acids is 1. The van der Waals surface area contributed by atoms with Gasteiger partial charge in [-0.2, -0.15) is 0 Å². The van der Waals surface area contributed by atoms with Gasteiger partial charge in [-0.05, 0) is 31.9 Å². The van der Waals surface area contributed by atoms with Crippen LogP contribution in [0.2, 0.25) is 0 Å².